The maximum atomic E-state index is 12.6. The molecule has 6 heteroatoms. The van der Waals surface area contributed by atoms with Gasteiger partial charge >= 0.3 is 0 Å². The van der Waals surface area contributed by atoms with Crippen LogP contribution in [0.3, 0.4) is 0 Å². The van der Waals surface area contributed by atoms with Gasteiger partial charge in [0.1, 0.15) is 0 Å². The summed E-state index contributed by atoms with van der Waals surface area (Å²) in [6, 6.07) is 0.0947. The van der Waals surface area contributed by atoms with Crippen molar-refractivity contribution < 1.29 is 14.4 Å². The molecule has 23 heavy (non-hydrogen) atoms. The molecule has 6 nitrogen and oxygen atoms in total. The summed E-state index contributed by atoms with van der Waals surface area (Å²) in [6.07, 6.45) is 4.47. The summed E-state index contributed by atoms with van der Waals surface area (Å²) in [5.74, 6) is 0.0355. The molecule has 0 aliphatic carbocycles. The van der Waals surface area contributed by atoms with Crippen molar-refractivity contribution in [3.05, 3.63) is 11.6 Å². The molecule has 0 saturated carbocycles. The second-order valence-corrected chi connectivity index (χ2v) is 6.58. The number of nitrogens with zero attached hydrogens (tertiary/aromatic N) is 2. The maximum Gasteiger partial charge on any atom is 0.249 e. The highest BCUT2D eigenvalue weighted by Crippen LogP contribution is 2.20. The van der Waals surface area contributed by atoms with Gasteiger partial charge in [0.15, 0.2) is 0 Å². The molecular formula is C17H29N3O3. The van der Waals surface area contributed by atoms with Crippen molar-refractivity contribution >= 4 is 18.2 Å². The van der Waals surface area contributed by atoms with Crippen LogP contribution in [-0.4, -0.2) is 60.2 Å². The second kappa shape index (κ2) is 8.70. The highest BCUT2D eigenvalue weighted by atomic mass is 16.2. The maximum absolute atomic E-state index is 12.6. The highest BCUT2D eigenvalue weighted by Gasteiger charge is 2.27. The van der Waals surface area contributed by atoms with Crippen molar-refractivity contribution in [3.63, 3.8) is 0 Å². The standard InChI is InChI=1S/C17H29N3O3/c1-12(2)15(19(5)16(22)10-18-11-21)9-13(3)17(23)20-8-6-7-14(20)4/h9,11-12,14-15H,6-8,10H2,1-5H3,(H,18,21)/b13-9+/t14-,15-/m1/s1. The van der Waals surface area contributed by atoms with E-state index in [2.05, 4.69) is 12.2 Å². The Kier molecular flexibility index (Phi) is 7.26. The molecule has 1 heterocycles. The Morgan fingerprint density at radius 2 is 2.04 bits per heavy atom. The molecule has 0 aromatic rings. The van der Waals surface area contributed by atoms with E-state index >= 15 is 0 Å². The van der Waals surface area contributed by atoms with Crippen LogP contribution in [0, 0.1) is 5.92 Å². The smallest absolute Gasteiger partial charge is 0.249 e. The minimum Gasteiger partial charge on any atom is -0.350 e. The molecule has 1 aliphatic rings. The monoisotopic (exact) mass is 323 g/mol. The fraction of sp³-hybridized carbons (Fsp3) is 0.706. The van der Waals surface area contributed by atoms with Crippen molar-refractivity contribution in [2.24, 2.45) is 5.92 Å². The fourth-order valence-corrected chi connectivity index (χ4v) is 2.96. The summed E-state index contributed by atoms with van der Waals surface area (Å²) in [5, 5.41) is 2.38. The third-order valence-electron chi connectivity index (χ3n) is 4.43. The summed E-state index contributed by atoms with van der Waals surface area (Å²) in [4.78, 5) is 38.5. The zero-order chi connectivity index (χ0) is 17.6. The third kappa shape index (κ3) is 5.08. The van der Waals surface area contributed by atoms with Gasteiger partial charge in [-0.15, -0.1) is 0 Å². The second-order valence-electron chi connectivity index (χ2n) is 6.58. The first-order chi connectivity index (χ1) is 10.8. The predicted octanol–water partition coefficient (Wildman–Crippen LogP) is 1.17. The molecule has 0 unspecified atom stereocenters. The van der Waals surface area contributed by atoms with Crippen LogP contribution in [-0.2, 0) is 14.4 Å². The van der Waals surface area contributed by atoms with E-state index in [1.807, 2.05) is 31.7 Å². The Morgan fingerprint density at radius 3 is 2.52 bits per heavy atom. The topological polar surface area (TPSA) is 69.7 Å². The first-order valence-electron chi connectivity index (χ1n) is 8.21. The number of likely N-dealkylation sites (N-methyl/N-ethyl adjacent to an activating group) is 1. The Labute approximate surface area is 138 Å². The molecule has 0 bridgehead atoms. The molecule has 1 rings (SSSR count). The molecule has 130 valence electrons. The molecule has 0 spiro atoms. The number of nitrogens with one attached hydrogen (secondary N) is 1. The molecule has 0 aromatic carbocycles. The molecule has 1 aliphatic heterocycles. The summed E-state index contributed by atoms with van der Waals surface area (Å²) in [7, 11) is 1.70. The van der Waals surface area contributed by atoms with Crippen LogP contribution >= 0.6 is 0 Å². The lowest BCUT2D eigenvalue weighted by atomic mass is 9.99. The summed E-state index contributed by atoms with van der Waals surface area (Å²) < 4.78 is 0. The molecule has 1 fully saturated rings. The number of amides is 3. The van der Waals surface area contributed by atoms with E-state index in [-0.39, 0.29) is 36.4 Å². The molecule has 1 N–H and O–H groups in total. The van der Waals surface area contributed by atoms with Crippen molar-refractivity contribution in [1.29, 1.82) is 0 Å². The number of carbonyl (C=O) groups excluding carboxylic acids is 3. The molecule has 3 amide bonds. The van der Waals surface area contributed by atoms with Gasteiger partial charge < -0.3 is 15.1 Å². The first kappa shape index (κ1) is 19.2. The van der Waals surface area contributed by atoms with E-state index in [1.54, 1.807) is 11.9 Å². The van der Waals surface area contributed by atoms with Crippen LogP contribution in [0.4, 0.5) is 0 Å². The van der Waals surface area contributed by atoms with Crippen molar-refractivity contribution in [2.75, 3.05) is 20.1 Å². The number of carbonyl (C=O) groups is 3. The Bertz CT molecular complexity index is 474. The lowest BCUT2D eigenvalue weighted by molar-refractivity contribution is -0.132. The first-order valence-corrected chi connectivity index (χ1v) is 8.21. The van der Waals surface area contributed by atoms with Crippen LogP contribution < -0.4 is 5.32 Å². The minimum atomic E-state index is -0.183. The largest absolute Gasteiger partial charge is 0.350 e. The summed E-state index contributed by atoms with van der Waals surface area (Å²) in [6.45, 7) is 8.66. The van der Waals surface area contributed by atoms with Gasteiger partial charge in [-0.3, -0.25) is 14.4 Å². The summed E-state index contributed by atoms with van der Waals surface area (Å²) in [5.41, 5.74) is 0.667. The highest BCUT2D eigenvalue weighted by molar-refractivity contribution is 5.93. The zero-order valence-corrected chi connectivity index (χ0v) is 14.8. The van der Waals surface area contributed by atoms with E-state index in [9.17, 15) is 14.4 Å². The van der Waals surface area contributed by atoms with Gasteiger partial charge in [0.25, 0.3) is 0 Å². The number of hydrogen-bond acceptors (Lipinski definition) is 3. The molecule has 2 atom stereocenters. The van der Waals surface area contributed by atoms with E-state index < -0.39 is 0 Å². The van der Waals surface area contributed by atoms with Crippen LogP contribution in [0.25, 0.3) is 0 Å². The molecule has 0 aromatic heterocycles. The quantitative estimate of drug-likeness (QED) is 0.565. The average Bonchev–Trinajstić information content (AvgIpc) is 2.94. The van der Waals surface area contributed by atoms with Crippen LogP contribution in [0.15, 0.2) is 11.6 Å². The molecule has 1 saturated heterocycles. The van der Waals surface area contributed by atoms with Gasteiger partial charge in [-0.05, 0) is 32.6 Å². The third-order valence-corrected chi connectivity index (χ3v) is 4.43. The van der Waals surface area contributed by atoms with E-state index in [1.165, 1.54) is 0 Å². The van der Waals surface area contributed by atoms with Crippen molar-refractivity contribution in [3.8, 4) is 0 Å². The lowest BCUT2D eigenvalue weighted by Crippen LogP contribution is -2.44. The number of likely N-dealkylation sites (tertiary alicyclic amines) is 1. The van der Waals surface area contributed by atoms with Crippen LogP contribution in [0.1, 0.15) is 40.5 Å². The minimum absolute atomic E-state index is 0.0345. The van der Waals surface area contributed by atoms with Gasteiger partial charge in [-0.2, -0.15) is 0 Å². The van der Waals surface area contributed by atoms with Gasteiger partial charge in [0.2, 0.25) is 18.2 Å². The summed E-state index contributed by atoms with van der Waals surface area (Å²) >= 11 is 0. The van der Waals surface area contributed by atoms with Crippen molar-refractivity contribution in [1.82, 2.24) is 15.1 Å². The SMILES string of the molecule is C/C(=C\[C@H](C(C)C)N(C)C(=O)CNC=O)C(=O)N1CCC[C@H]1C. The normalized spacial score (nSPS) is 19.7. The van der Waals surface area contributed by atoms with Crippen LogP contribution in [0.5, 0.6) is 0 Å². The molecule has 0 radical (unpaired) electrons. The molecular weight excluding hydrogens is 294 g/mol. The Hall–Kier alpha value is -1.85. The van der Waals surface area contributed by atoms with E-state index in [0.29, 0.717) is 12.0 Å². The Morgan fingerprint density at radius 1 is 1.39 bits per heavy atom. The Balaban J connectivity index is 2.85. The van der Waals surface area contributed by atoms with Gasteiger partial charge in [0.05, 0.1) is 12.6 Å². The zero-order valence-electron chi connectivity index (χ0n) is 14.8. The van der Waals surface area contributed by atoms with E-state index in [4.69, 9.17) is 0 Å². The van der Waals surface area contributed by atoms with Gasteiger partial charge in [-0.1, -0.05) is 19.9 Å². The van der Waals surface area contributed by atoms with Gasteiger partial charge in [0, 0.05) is 25.2 Å². The van der Waals surface area contributed by atoms with Crippen LogP contribution in [0.2, 0.25) is 0 Å². The van der Waals surface area contributed by atoms with Gasteiger partial charge in [-0.25, -0.2) is 0 Å². The number of rotatable bonds is 7. The fourth-order valence-electron chi connectivity index (χ4n) is 2.96. The van der Waals surface area contributed by atoms with E-state index in [0.717, 1.165) is 19.4 Å². The average molecular weight is 323 g/mol. The number of hydrogen-bond donors (Lipinski definition) is 1. The van der Waals surface area contributed by atoms with Crippen molar-refractivity contribution in [2.45, 2.75) is 52.6 Å². The lowest BCUT2D eigenvalue weighted by Gasteiger charge is -2.30. The predicted molar refractivity (Wildman–Crippen MR) is 89.6 cm³/mol.